The second-order valence-electron chi connectivity index (χ2n) is 4.47. The number of hydrogen-bond donors (Lipinski definition) is 1. The molecular formula is C13H16F2O2. The number of aryl methyl sites for hydroxylation is 1. The summed E-state index contributed by atoms with van der Waals surface area (Å²) in [4.78, 5) is 0. The van der Waals surface area contributed by atoms with Crippen molar-refractivity contribution < 1.29 is 18.6 Å². The number of ether oxygens (including phenoxy) is 1. The number of aliphatic hydroxyl groups is 1. The van der Waals surface area contributed by atoms with E-state index in [0.29, 0.717) is 18.6 Å². The first-order valence-electron chi connectivity index (χ1n) is 5.85. The maximum Gasteiger partial charge on any atom is 0.132 e. The van der Waals surface area contributed by atoms with Crippen LogP contribution in [0.5, 0.6) is 0 Å². The molecule has 1 fully saturated rings. The summed E-state index contributed by atoms with van der Waals surface area (Å²) in [6.07, 6.45) is 1.23. The molecule has 0 spiro atoms. The summed E-state index contributed by atoms with van der Waals surface area (Å²) < 4.78 is 32.1. The second kappa shape index (κ2) is 5.10. The Morgan fingerprint density at radius 3 is 2.71 bits per heavy atom. The van der Waals surface area contributed by atoms with Gasteiger partial charge in [0.25, 0.3) is 0 Å². The lowest BCUT2D eigenvalue weighted by Gasteiger charge is -2.27. The minimum atomic E-state index is -1.02. The van der Waals surface area contributed by atoms with Gasteiger partial charge in [0.1, 0.15) is 17.7 Å². The molecule has 1 saturated heterocycles. The van der Waals surface area contributed by atoms with Crippen LogP contribution in [0.3, 0.4) is 0 Å². The van der Waals surface area contributed by atoms with E-state index in [0.717, 1.165) is 18.9 Å². The fraction of sp³-hybridized carbons (Fsp3) is 0.538. The van der Waals surface area contributed by atoms with Crippen LogP contribution in [0.2, 0.25) is 0 Å². The summed E-state index contributed by atoms with van der Waals surface area (Å²) in [5.74, 6) is -1.31. The molecule has 0 bridgehead atoms. The molecule has 0 radical (unpaired) electrons. The Labute approximate surface area is 99.2 Å². The lowest BCUT2D eigenvalue weighted by atomic mass is 9.96. The number of hydrogen-bond acceptors (Lipinski definition) is 2. The normalized spacial score (nSPS) is 22.5. The third-order valence-corrected chi connectivity index (χ3v) is 3.16. The van der Waals surface area contributed by atoms with Gasteiger partial charge in [-0.25, -0.2) is 8.78 Å². The standard InChI is InChI=1S/C13H16F2O2/c1-8-6-9(11(15)7-10(8)14)13(16)12-4-2-3-5-17-12/h6-7,12-13,16H,2-5H2,1H3. The van der Waals surface area contributed by atoms with Gasteiger partial charge >= 0.3 is 0 Å². The molecule has 1 heterocycles. The number of halogens is 2. The summed E-state index contributed by atoms with van der Waals surface area (Å²) >= 11 is 0. The van der Waals surface area contributed by atoms with E-state index in [1.54, 1.807) is 6.92 Å². The van der Waals surface area contributed by atoms with E-state index in [1.807, 2.05) is 0 Å². The van der Waals surface area contributed by atoms with E-state index >= 15 is 0 Å². The van der Waals surface area contributed by atoms with Gasteiger partial charge in [-0.05, 0) is 37.8 Å². The van der Waals surface area contributed by atoms with Gasteiger partial charge in [0.15, 0.2) is 0 Å². The van der Waals surface area contributed by atoms with Gasteiger partial charge in [-0.15, -0.1) is 0 Å². The lowest BCUT2D eigenvalue weighted by Crippen LogP contribution is -2.27. The highest BCUT2D eigenvalue weighted by molar-refractivity contribution is 5.28. The minimum Gasteiger partial charge on any atom is -0.386 e. The van der Waals surface area contributed by atoms with Crippen molar-refractivity contribution in [2.45, 2.75) is 38.4 Å². The van der Waals surface area contributed by atoms with Crippen LogP contribution in [0.15, 0.2) is 12.1 Å². The van der Waals surface area contributed by atoms with Crippen LogP contribution in [-0.4, -0.2) is 17.8 Å². The lowest BCUT2D eigenvalue weighted by molar-refractivity contribution is -0.0644. The maximum atomic E-state index is 13.6. The number of aliphatic hydroxyl groups excluding tert-OH is 1. The molecule has 0 aromatic heterocycles. The van der Waals surface area contributed by atoms with Gasteiger partial charge in [-0.3, -0.25) is 0 Å². The van der Waals surface area contributed by atoms with E-state index in [1.165, 1.54) is 6.07 Å². The van der Waals surface area contributed by atoms with Gasteiger partial charge in [0, 0.05) is 18.2 Å². The Balaban J connectivity index is 2.23. The van der Waals surface area contributed by atoms with Crippen molar-refractivity contribution in [1.29, 1.82) is 0 Å². The molecule has 1 aliphatic heterocycles. The zero-order chi connectivity index (χ0) is 12.4. The fourth-order valence-electron chi connectivity index (χ4n) is 2.12. The molecule has 94 valence electrons. The summed E-state index contributed by atoms with van der Waals surface area (Å²) in [6.45, 7) is 2.14. The molecule has 1 aliphatic rings. The van der Waals surface area contributed by atoms with Gasteiger partial charge in [0.05, 0.1) is 6.10 Å². The Kier molecular flexibility index (Phi) is 3.74. The van der Waals surface area contributed by atoms with Crippen LogP contribution in [-0.2, 0) is 4.74 Å². The highest BCUT2D eigenvalue weighted by atomic mass is 19.1. The Hall–Kier alpha value is -1.00. The third-order valence-electron chi connectivity index (χ3n) is 3.16. The average Bonchev–Trinajstić information content (AvgIpc) is 2.34. The Morgan fingerprint density at radius 2 is 2.06 bits per heavy atom. The monoisotopic (exact) mass is 242 g/mol. The highest BCUT2D eigenvalue weighted by Gasteiger charge is 2.26. The molecule has 0 amide bonds. The smallest absolute Gasteiger partial charge is 0.132 e. The summed E-state index contributed by atoms with van der Waals surface area (Å²) in [5, 5.41) is 10.1. The molecule has 2 unspecified atom stereocenters. The van der Waals surface area contributed by atoms with Crippen molar-refractivity contribution in [2.24, 2.45) is 0 Å². The van der Waals surface area contributed by atoms with Crippen LogP contribution >= 0.6 is 0 Å². The Morgan fingerprint density at radius 1 is 1.29 bits per heavy atom. The van der Waals surface area contributed by atoms with Crippen LogP contribution < -0.4 is 0 Å². The average molecular weight is 242 g/mol. The fourth-order valence-corrected chi connectivity index (χ4v) is 2.12. The molecule has 0 aliphatic carbocycles. The van der Waals surface area contributed by atoms with E-state index in [-0.39, 0.29) is 11.7 Å². The molecule has 17 heavy (non-hydrogen) atoms. The van der Waals surface area contributed by atoms with Crippen molar-refractivity contribution in [3.8, 4) is 0 Å². The number of rotatable bonds is 2. The molecule has 1 aromatic rings. The first-order chi connectivity index (χ1) is 8.09. The molecule has 4 heteroatoms. The maximum absolute atomic E-state index is 13.6. The molecule has 2 rings (SSSR count). The topological polar surface area (TPSA) is 29.5 Å². The van der Waals surface area contributed by atoms with Gasteiger partial charge in [0.2, 0.25) is 0 Å². The van der Waals surface area contributed by atoms with E-state index < -0.39 is 17.7 Å². The molecule has 0 saturated carbocycles. The second-order valence-corrected chi connectivity index (χ2v) is 4.47. The van der Waals surface area contributed by atoms with Crippen molar-refractivity contribution >= 4 is 0 Å². The first-order valence-corrected chi connectivity index (χ1v) is 5.85. The quantitative estimate of drug-likeness (QED) is 0.864. The van der Waals surface area contributed by atoms with Crippen molar-refractivity contribution in [3.05, 3.63) is 34.9 Å². The van der Waals surface area contributed by atoms with Crippen molar-refractivity contribution in [3.63, 3.8) is 0 Å². The van der Waals surface area contributed by atoms with Crippen LogP contribution in [0.1, 0.15) is 36.5 Å². The zero-order valence-corrected chi connectivity index (χ0v) is 9.75. The van der Waals surface area contributed by atoms with Gasteiger partial charge in [-0.2, -0.15) is 0 Å². The van der Waals surface area contributed by atoms with Crippen molar-refractivity contribution in [1.82, 2.24) is 0 Å². The van der Waals surface area contributed by atoms with Gasteiger partial charge in [-0.1, -0.05) is 0 Å². The van der Waals surface area contributed by atoms with Crippen LogP contribution in [0, 0.1) is 18.6 Å². The van der Waals surface area contributed by atoms with E-state index in [9.17, 15) is 13.9 Å². The molecule has 1 N–H and O–H groups in total. The number of benzene rings is 1. The van der Waals surface area contributed by atoms with Gasteiger partial charge < -0.3 is 9.84 Å². The van der Waals surface area contributed by atoms with E-state index in [4.69, 9.17) is 4.74 Å². The summed E-state index contributed by atoms with van der Waals surface area (Å²) in [5.41, 5.74) is 0.451. The summed E-state index contributed by atoms with van der Waals surface area (Å²) in [6, 6.07) is 2.17. The van der Waals surface area contributed by atoms with Crippen molar-refractivity contribution in [2.75, 3.05) is 6.61 Å². The third kappa shape index (κ3) is 2.64. The predicted octanol–water partition coefficient (Wildman–Crippen LogP) is 2.88. The predicted molar refractivity (Wildman–Crippen MR) is 59.6 cm³/mol. The van der Waals surface area contributed by atoms with Crippen LogP contribution in [0.25, 0.3) is 0 Å². The minimum absolute atomic E-state index is 0.121. The molecule has 2 nitrogen and oxygen atoms in total. The molecular weight excluding hydrogens is 226 g/mol. The SMILES string of the molecule is Cc1cc(C(O)C2CCCCO2)c(F)cc1F. The van der Waals surface area contributed by atoms with E-state index in [2.05, 4.69) is 0 Å². The Bertz CT molecular complexity index is 401. The first kappa shape index (κ1) is 12.5. The van der Waals surface area contributed by atoms with Crippen LogP contribution in [0.4, 0.5) is 8.78 Å². The molecule has 1 aromatic carbocycles. The largest absolute Gasteiger partial charge is 0.386 e. The molecule has 2 atom stereocenters. The zero-order valence-electron chi connectivity index (χ0n) is 9.75. The highest BCUT2D eigenvalue weighted by Crippen LogP contribution is 2.29. The summed E-state index contributed by atoms with van der Waals surface area (Å²) in [7, 11) is 0.